The minimum Gasteiger partial charge on any atom is -0.306 e. The first-order chi connectivity index (χ1) is 5.06. The fourth-order valence-electron chi connectivity index (χ4n) is 1.86. The van der Waals surface area contributed by atoms with E-state index in [1.165, 1.54) is 25.9 Å². The summed E-state index contributed by atoms with van der Waals surface area (Å²) >= 11 is 0. The average Bonchev–Trinajstić information content (AvgIpc) is 2.36. The van der Waals surface area contributed by atoms with Gasteiger partial charge in [0.1, 0.15) is 0 Å². The molecule has 1 heterocycles. The van der Waals surface area contributed by atoms with Gasteiger partial charge in [-0.05, 0) is 31.3 Å². The zero-order valence-corrected chi connectivity index (χ0v) is 8.35. The Morgan fingerprint density at radius 2 is 2.09 bits per heavy atom. The molecule has 11 heavy (non-hydrogen) atoms. The SMILES string of the molecule is CCC(C)(C)C1CCN(C)C1. The number of hydrogen-bond donors (Lipinski definition) is 0. The predicted molar refractivity (Wildman–Crippen MR) is 49.7 cm³/mol. The van der Waals surface area contributed by atoms with E-state index in [-0.39, 0.29) is 0 Å². The van der Waals surface area contributed by atoms with Gasteiger partial charge in [0, 0.05) is 6.54 Å². The van der Waals surface area contributed by atoms with Crippen molar-refractivity contribution in [2.45, 2.75) is 33.6 Å². The summed E-state index contributed by atoms with van der Waals surface area (Å²) in [6, 6.07) is 0. The van der Waals surface area contributed by atoms with E-state index in [1.807, 2.05) is 0 Å². The average molecular weight is 155 g/mol. The van der Waals surface area contributed by atoms with Crippen LogP contribution in [-0.4, -0.2) is 25.0 Å². The largest absolute Gasteiger partial charge is 0.306 e. The van der Waals surface area contributed by atoms with Crippen molar-refractivity contribution in [2.75, 3.05) is 20.1 Å². The molecule has 0 amide bonds. The van der Waals surface area contributed by atoms with Gasteiger partial charge in [0.2, 0.25) is 0 Å². The van der Waals surface area contributed by atoms with Crippen molar-refractivity contribution in [1.82, 2.24) is 4.90 Å². The second-order valence-corrected chi connectivity index (χ2v) is 4.59. The van der Waals surface area contributed by atoms with Gasteiger partial charge in [0.05, 0.1) is 0 Å². The van der Waals surface area contributed by atoms with Crippen molar-refractivity contribution in [2.24, 2.45) is 11.3 Å². The minimum absolute atomic E-state index is 0.560. The summed E-state index contributed by atoms with van der Waals surface area (Å²) in [5.41, 5.74) is 0.560. The molecule has 1 unspecified atom stereocenters. The molecule has 1 heteroatoms. The van der Waals surface area contributed by atoms with Crippen molar-refractivity contribution >= 4 is 0 Å². The minimum atomic E-state index is 0.560. The zero-order valence-electron chi connectivity index (χ0n) is 8.35. The molecule has 1 fully saturated rings. The molecule has 0 radical (unpaired) electrons. The van der Waals surface area contributed by atoms with Gasteiger partial charge in [-0.15, -0.1) is 0 Å². The Balaban J connectivity index is 2.48. The van der Waals surface area contributed by atoms with Crippen LogP contribution in [0.2, 0.25) is 0 Å². The monoisotopic (exact) mass is 155 g/mol. The van der Waals surface area contributed by atoms with Crippen LogP contribution in [0.25, 0.3) is 0 Å². The standard InChI is InChI=1S/C10H21N/c1-5-10(2,3)9-6-7-11(4)8-9/h9H,5-8H2,1-4H3. The van der Waals surface area contributed by atoms with Crippen molar-refractivity contribution in [3.8, 4) is 0 Å². The summed E-state index contributed by atoms with van der Waals surface area (Å²) in [5.74, 6) is 0.928. The van der Waals surface area contributed by atoms with Crippen molar-refractivity contribution in [3.05, 3.63) is 0 Å². The number of likely N-dealkylation sites (tertiary alicyclic amines) is 1. The third-order valence-electron chi connectivity index (χ3n) is 3.41. The highest BCUT2D eigenvalue weighted by molar-refractivity contribution is 4.84. The molecule has 1 rings (SSSR count). The van der Waals surface area contributed by atoms with Crippen LogP contribution >= 0.6 is 0 Å². The molecule has 1 atom stereocenters. The van der Waals surface area contributed by atoms with Crippen molar-refractivity contribution in [1.29, 1.82) is 0 Å². The van der Waals surface area contributed by atoms with Crippen molar-refractivity contribution in [3.63, 3.8) is 0 Å². The van der Waals surface area contributed by atoms with Gasteiger partial charge in [-0.2, -0.15) is 0 Å². The molecule has 0 saturated carbocycles. The number of nitrogens with zero attached hydrogens (tertiary/aromatic N) is 1. The van der Waals surface area contributed by atoms with Crippen LogP contribution in [0.1, 0.15) is 33.6 Å². The highest BCUT2D eigenvalue weighted by atomic mass is 15.1. The molecule has 1 aliphatic heterocycles. The van der Waals surface area contributed by atoms with Crippen LogP contribution < -0.4 is 0 Å². The summed E-state index contributed by atoms with van der Waals surface area (Å²) in [6.45, 7) is 9.71. The Hall–Kier alpha value is -0.0400. The lowest BCUT2D eigenvalue weighted by atomic mass is 9.76. The van der Waals surface area contributed by atoms with E-state index in [0.717, 1.165) is 5.92 Å². The van der Waals surface area contributed by atoms with Crippen LogP contribution in [0.4, 0.5) is 0 Å². The predicted octanol–water partition coefficient (Wildman–Crippen LogP) is 2.37. The van der Waals surface area contributed by atoms with Gasteiger partial charge < -0.3 is 4.90 Å². The maximum absolute atomic E-state index is 2.45. The first kappa shape index (κ1) is 9.05. The lowest BCUT2D eigenvalue weighted by Gasteiger charge is -2.30. The highest BCUT2D eigenvalue weighted by Gasteiger charge is 2.32. The Bertz CT molecular complexity index is 129. The van der Waals surface area contributed by atoms with Gasteiger partial charge in [0.25, 0.3) is 0 Å². The highest BCUT2D eigenvalue weighted by Crippen LogP contribution is 2.36. The number of hydrogen-bond acceptors (Lipinski definition) is 1. The van der Waals surface area contributed by atoms with E-state index in [1.54, 1.807) is 0 Å². The van der Waals surface area contributed by atoms with Crippen LogP contribution in [-0.2, 0) is 0 Å². The summed E-state index contributed by atoms with van der Waals surface area (Å²) in [7, 11) is 2.23. The van der Waals surface area contributed by atoms with Crippen molar-refractivity contribution < 1.29 is 0 Å². The molecule has 0 aromatic rings. The molecule has 0 bridgehead atoms. The second-order valence-electron chi connectivity index (χ2n) is 4.59. The van der Waals surface area contributed by atoms with Crippen LogP contribution in [0.5, 0.6) is 0 Å². The van der Waals surface area contributed by atoms with E-state index < -0.39 is 0 Å². The lowest BCUT2D eigenvalue weighted by Crippen LogP contribution is -2.25. The first-order valence-corrected chi connectivity index (χ1v) is 4.75. The Morgan fingerprint density at radius 3 is 2.45 bits per heavy atom. The van der Waals surface area contributed by atoms with E-state index in [2.05, 4.69) is 32.7 Å². The topological polar surface area (TPSA) is 3.24 Å². The maximum atomic E-state index is 2.45. The molecule has 1 saturated heterocycles. The summed E-state index contributed by atoms with van der Waals surface area (Å²) in [4.78, 5) is 2.45. The molecule has 0 spiro atoms. The first-order valence-electron chi connectivity index (χ1n) is 4.75. The smallest absolute Gasteiger partial charge is 0.00122 e. The zero-order chi connectivity index (χ0) is 8.48. The second kappa shape index (κ2) is 3.14. The van der Waals surface area contributed by atoms with Gasteiger partial charge >= 0.3 is 0 Å². The molecule has 1 aliphatic rings. The fraction of sp³-hybridized carbons (Fsp3) is 1.00. The van der Waals surface area contributed by atoms with Gasteiger partial charge in [-0.1, -0.05) is 27.2 Å². The normalized spacial score (nSPS) is 27.8. The van der Waals surface area contributed by atoms with Gasteiger partial charge in [-0.3, -0.25) is 0 Å². The molecular formula is C10H21N. The molecule has 1 nitrogen and oxygen atoms in total. The fourth-order valence-corrected chi connectivity index (χ4v) is 1.86. The van der Waals surface area contributed by atoms with E-state index in [4.69, 9.17) is 0 Å². The molecule has 66 valence electrons. The van der Waals surface area contributed by atoms with Crippen LogP contribution in [0, 0.1) is 11.3 Å². The maximum Gasteiger partial charge on any atom is 0.00122 e. The number of rotatable bonds is 2. The van der Waals surface area contributed by atoms with E-state index in [0.29, 0.717) is 5.41 Å². The summed E-state index contributed by atoms with van der Waals surface area (Å²) in [6.07, 6.45) is 2.71. The molecule has 0 aromatic heterocycles. The molecular weight excluding hydrogens is 134 g/mol. The third kappa shape index (κ3) is 1.96. The Kier molecular flexibility index (Phi) is 2.58. The Labute approximate surface area is 70.8 Å². The van der Waals surface area contributed by atoms with E-state index >= 15 is 0 Å². The van der Waals surface area contributed by atoms with Gasteiger partial charge in [0.15, 0.2) is 0 Å². The molecule has 0 N–H and O–H groups in total. The summed E-state index contributed by atoms with van der Waals surface area (Å²) < 4.78 is 0. The van der Waals surface area contributed by atoms with E-state index in [9.17, 15) is 0 Å². The molecule has 0 aromatic carbocycles. The van der Waals surface area contributed by atoms with Crippen LogP contribution in [0.15, 0.2) is 0 Å². The lowest BCUT2D eigenvalue weighted by molar-refractivity contribution is 0.206. The van der Waals surface area contributed by atoms with Gasteiger partial charge in [-0.25, -0.2) is 0 Å². The molecule has 0 aliphatic carbocycles. The summed E-state index contributed by atoms with van der Waals surface area (Å²) in [5, 5.41) is 0. The quantitative estimate of drug-likeness (QED) is 0.592. The van der Waals surface area contributed by atoms with Crippen LogP contribution in [0.3, 0.4) is 0 Å². The Morgan fingerprint density at radius 1 is 1.45 bits per heavy atom. The third-order valence-corrected chi connectivity index (χ3v) is 3.41.